The van der Waals surface area contributed by atoms with Crippen molar-refractivity contribution in [1.29, 1.82) is 0 Å². The van der Waals surface area contributed by atoms with Crippen LogP contribution in [0.3, 0.4) is 0 Å². The number of H-pyrrole nitrogens is 1. The van der Waals surface area contributed by atoms with E-state index < -0.39 is 29.8 Å². The third-order valence-corrected chi connectivity index (χ3v) is 8.99. The van der Waals surface area contributed by atoms with E-state index in [4.69, 9.17) is 10.9 Å². The molecular weight excluding hydrogens is 506 g/mol. The molecule has 6 N–H and O–H groups in total. The number of likely N-dealkylation sites (tertiary alicyclic amines) is 1. The molecule has 0 unspecified atom stereocenters. The monoisotopic (exact) mass is 532 g/mol. The number of likely N-dealkylation sites (N-methyl/N-ethyl adjacent to an activating group) is 1. The number of nitrogens with two attached hydrogens (primary N) is 2. The highest BCUT2D eigenvalue weighted by Crippen LogP contribution is 2.37. The van der Waals surface area contributed by atoms with Gasteiger partial charge in [0.2, 0.25) is 20.0 Å². The Morgan fingerprint density at radius 1 is 1.11 bits per heavy atom. The van der Waals surface area contributed by atoms with Gasteiger partial charge >= 0.3 is 0 Å². The Hall–Kier alpha value is -3.24. The van der Waals surface area contributed by atoms with E-state index in [9.17, 15) is 16.8 Å². The van der Waals surface area contributed by atoms with Gasteiger partial charge in [0.1, 0.15) is 9.79 Å². The zero-order valence-corrected chi connectivity index (χ0v) is 21.3. The normalized spacial score (nSPS) is 19.8. The van der Waals surface area contributed by atoms with Gasteiger partial charge in [0, 0.05) is 12.0 Å². The quantitative estimate of drug-likeness (QED) is 0.338. The maximum Gasteiger partial charge on any atom is 0.242 e. The van der Waals surface area contributed by atoms with Crippen molar-refractivity contribution in [2.24, 2.45) is 20.4 Å². The number of benzene rings is 2. The maximum absolute atomic E-state index is 13.5. The SMILES string of the molecule is C[N+]1(C)CC[C@@H](NS(=O)(=O)c2ccc(-c3cccc4[nH]c(N)nc34)c(C3=NCN=N3)c2S(N)(=O)=O)C1. The van der Waals surface area contributed by atoms with Crippen molar-refractivity contribution in [2.75, 3.05) is 39.6 Å². The molecule has 1 saturated heterocycles. The number of fused-ring (bicyclic) bond motifs is 1. The predicted molar refractivity (Wildman–Crippen MR) is 134 cm³/mol. The summed E-state index contributed by atoms with van der Waals surface area (Å²) < 4.78 is 56.3. The topological polar surface area (TPSA) is 198 Å². The summed E-state index contributed by atoms with van der Waals surface area (Å²) in [5, 5.41) is 13.5. The molecular formula is C21H26N9O4S2+. The number of quaternary nitrogens is 1. The lowest BCUT2D eigenvalue weighted by Crippen LogP contribution is -2.42. The molecule has 1 fully saturated rings. The van der Waals surface area contributed by atoms with Crippen molar-refractivity contribution in [2.45, 2.75) is 22.3 Å². The van der Waals surface area contributed by atoms with Gasteiger partial charge in [-0.05, 0) is 17.7 Å². The van der Waals surface area contributed by atoms with Crippen molar-refractivity contribution in [3.63, 3.8) is 0 Å². The number of rotatable bonds is 6. The number of hydrogen-bond acceptors (Lipinski definition) is 9. The molecule has 3 heterocycles. The number of para-hydroxylation sites is 1. The van der Waals surface area contributed by atoms with E-state index in [1.807, 2.05) is 14.1 Å². The number of aromatic amines is 1. The molecule has 15 heteroatoms. The molecule has 0 saturated carbocycles. The maximum atomic E-state index is 13.5. The predicted octanol–water partition coefficient (Wildman–Crippen LogP) is 0.756. The Kier molecular flexibility index (Phi) is 5.72. The summed E-state index contributed by atoms with van der Waals surface area (Å²) in [7, 11) is -4.86. The number of azo groups is 1. The highest BCUT2D eigenvalue weighted by Gasteiger charge is 2.37. The molecule has 36 heavy (non-hydrogen) atoms. The first kappa shape index (κ1) is 24.5. The van der Waals surface area contributed by atoms with Gasteiger partial charge in [0.05, 0.1) is 49.8 Å². The number of nitrogen functional groups attached to an aromatic ring is 1. The first-order valence-electron chi connectivity index (χ1n) is 11.1. The van der Waals surface area contributed by atoms with Gasteiger partial charge in [0.25, 0.3) is 0 Å². The van der Waals surface area contributed by atoms with Crippen molar-refractivity contribution >= 4 is 42.9 Å². The van der Waals surface area contributed by atoms with Crippen LogP contribution >= 0.6 is 0 Å². The molecule has 1 aromatic heterocycles. The van der Waals surface area contributed by atoms with Crippen LogP contribution in [-0.2, 0) is 20.0 Å². The largest absolute Gasteiger partial charge is 0.369 e. The van der Waals surface area contributed by atoms with Crippen LogP contribution in [0.4, 0.5) is 5.95 Å². The molecule has 2 aliphatic heterocycles. The minimum Gasteiger partial charge on any atom is -0.369 e. The first-order valence-corrected chi connectivity index (χ1v) is 14.1. The van der Waals surface area contributed by atoms with Gasteiger partial charge in [-0.15, -0.1) is 5.11 Å². The Labute approximate surface area is 208 Å². The minimum atomic E-state index is -4.58. The van der Waals surface area contributed by atoms with E-state index in [-0.39, 0.29) is 30.1 Å². The van der Waals surface area contributed by atoms with Gasteiger partial charge in [0.15, 0.2) is 18.5 Å². The fourth-order valence-electron chi connectivity index (χ4n) is 4.79. The molecule has 1 atom stereocenters. The lowest BCUT2D eigenvalue weighted by Gasteiger charge is -2.23. The number of aliphatic imine (C=N–C) groups is 1. The van der Waals surface area contributed by atoms with E-state index in [0.29, 0.717) is 39.6 Å². The van der Waals surface area contributed by atoms with E-state index >= 15 is 0 Å². The number of nitrogens with one attached hydrogen (secondary N) is 2. The van der Waals surface area contributed by atoms with E-state index in [2.05, 4.69) is 29.9 Å². The van der Waals surface area contributed by atoms with Gasteiger partial charge < -0.3 is 15.2 Å². The number of hydrogen-bond donors (Lipinski definition) is 4. The van der Waals surface area contributed by atoms with Crippen LogP contribution in [-0.4, -0.2) is 77.0 Å². The van der Waals surface area contributed by atoms with Crippen LogP contribution in [0.2, 0.25) is 0 Å². The average molecular weight is 533 g/mol. The van der Waals surface area contributed by atoms with Crippen LogP contribution < -0.4 is 15.6 Å². The van der Waals surface area contributed by atoms with E-state index in [1.54, 1.807) is 18.2 Å². The minimum absolute atomic E-state index is 0.0251. The van der Waals surface area contributed by atoms with Gasteiger partial charge in [-0.3, -0.25) is 0 Å². The van der Waals surface area contributed by atoms with Crippen molar-refractivity contribution < 1.29 is 21.3 Å². The summed E-state index contributed by atoms with van der Waals surface area (Å²) in [6, 6.07) is 7.59. The standard InChI is InChI=1S/C21H26N9O4S2/c1-30(2)9-8-12(10-30)29-36(33,34)16-7-6-13(14-4-3-5-15-18(14)27-21(22)26-15)17(19(16)35(23,31)32)20-24-11-25-28-20/h3-7,12,29H,8-11H2,1-2H3,(H3,22,26,27)(H2,23,31,32)/q+1/t12-/m1/s1. The second-order valence-corrected chi connectivity index (χ2v) is 12.7. The Morgan fingerprint density at radius 2 is 1.89 bits per heavy atom. The highest BCUT2D eigenvalue weighted by atomic mass is 32.2. The van der Waals surface area contributed by atoms with E-state index in [0.717, 1.165) is 6.54 Å². The summed E-state index contributed by atoms with van der Waals surface area (Å²) in [6.07, 6.45) is 0.616. The van der Waals surface area contributed by atoms with Gasteiger partial charge in [-0.25, -0.2) is 36.7 Å². The van der Waals surface area contributed by atoms with Crippen LogP contribution in [0.5, 0.6) is 0 Å². The van der Waals surface area contributed by atoms with Crippen LogP contribution in [0.15, 0.2) is 55.3 Å². The Morgan fingerprint density at radius 3 is 2.53 bits per heavy atom. The molecule has 190 valence electrons. The molecule has 0 bridgehead atoms. The van der Waals surface area contributed by atoms with E-state index in [1.165, 1.54) is 12.1 Å². The average Bonchev–Trinajstić information content (AvgIpc) is 3.51. The molecule has 2 aromatic carbocycles. The zero-order chi connectivity index (χ0) is 25.9. The Balaban J connectivity index is 1.76. The fraction of sp³-hybridized carbons (Fsp3) is 0.333. The van der Waals surface area contributed by atoms with Crippen molar-refractivity contribution in [3.05, 3.63) is 35.9 Å². The number of nitrogens with zero attached hydrogens (tertiary/aromatic N) is 5. The molecule has 5 rings (SSSR count). The zero-order valence-electron chi connectivity index (χ0n) is 19.6. The van der Waals surface area contributed by atoms with Crippen molar-refractivity contribution in [3.8, 4) is 11.1 Å². The fourth-order valence-corrected chi connectivity index (χ4v) is 7.66. The summed E-state index contributed by atoms with van der Waals surface area (Å²) in [6.45, 7) is 1.33. The second-order valence-electron chi connectivity index (χ2n) is 9.50. The summed E-state index contributed by atoms with van der Waals surface area (Å²) in [5.41, 5.74) is 7.69. The Bertz CT molecular complexity index is 1660. The summed E-state index contributed by atoms with van der Waals surface area (Å²) in [4.78, 5) is 10.4. The molecule has 0 amide bonds. The van der Waals surface area contributed by atoms with Crippen LogP contribution in [0, 0.1) is 0 Å². The second kappa shape index (κ2) is 8.41. The third-order valence-electron chi connectivity index (χ3n) is 6.31. The number of amidine groups is 1. The van der Waals surface area contributed by atoms with Crippen LogP contribution in [0.1, 0.15) is 12.0 Å². The lowest BCUT2D eigenvalue weighted by atomic mass is 9.97. The lowest BCUT2D eigenvalue weighted by molar-refractivity contribution is -0.878. The number of imidazole rings is 1. The molecule has 0 aliphatic carbocycles. The summed E-state index contributed by atoms with van der Waals surface area (Å²) in [5.74, 6) is 0.134. The molecule has 0 spiro atoms. The molecule has 0 radical (unpaired) electrons. The number of anilines is 1. The van der Waals surface area contributed by atoms with Crippen molar-refractivity contribution in [1.82, 2.24) is 14.7 Å². The summed E-state index contributed by atoms with van der Waals surface area (Å²) >= 11 is 0. The molecule has 13 nitrogen and oxygen atoms in total. The van der Waals surface area contributed by atoms with Gasteiger partial charge in [-0.2, -0.15) is 5.11 Å². The number of sulfonamides is 2. The molecule has 2 aliphatic rings. The molecule has 3 aromatic rings. The smallest absolute Gasteiger partial charge is 0.242 e. The third kappa shape index (κ3) is 4.39. The number of aromatic nitrogens is 2. The van der Waals surface area contributed by atoms with Gasteiger partial charge in [-0.1, -0.05) is 18.2 Å². The highest BCUT2D eigenvalue weighted by molar-refractivity contribution is 7.92. The number of primary sulfonamides is 1. The first-order chi connectivity index (χ1) is 16.9. The van der Waals surface area contributed by atoms with Crippen LogP contribution in [0.25, 0.3) is 22.2 Å².